The molecule has 0 amide bonds. The number of hydrogen-bond acceptors (Lipinski definition) is 3. The van der Waals surface area contributed by atoms with Gasteiger partial charge in [0, 0.05) is 32.8 Å². The second-order valence-corrected chi connectivity index (χ2v) is 12.3. The second-order valence-electron chi connectivity index (χ2n) is 12.3. The van der Waals surface area contributed by atoms with E-state index >= 15 is 0 Å². The number of fused-ring (bicyclic) bond motifs is 6. The highest BCUT2D eigenvalue weighted by molar-refractivity contribution is 6.11. The van der Waals surface area contributed by atoms with Gasteiger partial charge in [0.15, 0.2) is 0 Å². The van der Waals surface area contributed by atoms with Crippen LogP contribution in [-0.2, 0) is 0 Å². The van der Waals surface area contributed by atoms with E-state index in [9.17, 15) is 15.8 Å². The summed E-state index contributed by atoms with van der Waals surface area (Å²) in [4.78, 5) is 0. The van der Waals surface area contributed by atoms with Crippen LogP contribution in [0.5, 0.6) is 0 Å². The van der Waals surface area contributed by atoms with Crippen LogP contribution in [0.3, 0.4) is 0 Å². The van der Waals surface area contributed by atoms with Crippen molar-refractivity contribution in [3.63, 3.8) is 0 Å². The van der Waals surface area contributed by atoms with Crippen molar-refractivity contribution >= 4 is 43.6 Å². The molecule has 9 aromatic rings. The van der Waals surface area contributed by atoms with Crippen LogP contribution in [0.15, 0.2) is 152 Å². The highest BCUT2D eigenvalue weighted by Crippen LogP contribution is 2.40. The molecular weight excluding hydrogens is 611 g/mol. The molecule has 0 spiro atoms. The number of hydrogen-bond donors (Lipinski definition) is 0. The molecule has 0 bridgehead atoms. The summed E-state index contributed by atoms with van der Waals surface area (Å²) in [6.45, 7) is 0. The Balaban J connectivity index is 1.20. The predicted octanol–water partition coefficient (Wildman–Crippen LogP) is 10.8. The van der Waals surface area contributed by atoms with E-state index in [1.54, 1.807) is 12.1 Å². The Morgan fingerprint density at radius 2 is 1.00 bits per heavy atom. The first-order valence-corrected chi connectivity index (χ1v) is 16.3. The topological polar surface area (TPSA) is 81.2 Å². The Morgan fingerprint density at radius 3 is 1.64 bits per heavy atom. The molecule has 0 saturated heterocycles. The monoisotopic (exact) mass is 635 g/mol. The Morgan fingerprint density at radius 1 is 0.400 bits per heavy atom. The van der Waals surface area contributed by atoms with Crippen LogP contribution >= 0.6 is 0 Å². The summed E-state index contributed by atoms with van der Waals surface area (Å²) < 4.78 is 4.38. The molecule has 0 aliphatic carbocycles. The molecule has 7 aromatic carbocycles. The molecule has 0 saturated carbocycles. The summed E-state index contributed by atoms with van der Waals surface area (Å²) in [5.41, 5.74) is 10.9. The van der Waals surface area contributed by atoms with E-state index in [0.717, 1.165) is 60.8 Å². The van der Waals surface area contributed by atoms with Crippen molar-refractivity contribution in [2.45, 2.75) is 0 Å². The van der Waals surface area contributed by atoms with E-state index in [2.05, 4.69) is 124 Å². The molecule has 50 heavy (non-hydrogen) atoms. The van der Waals surface area contributed by atoms with Gasteiger partial charge in [-0.1, -0.05) is 97.1 Å². The van der Waals surface area contributed by atoms with E-state index in [0.29, 0.717) is 22.4 Å². The molecule has 0 radical (unpaired) electrons. The largest absolute Gasteiger partial charge is 0.309 e. The molecule has 0 aliphatic rings. The van der Waals surface area contributed by atoms with Gasteiger partial charge in [0.25, 0.3) is 0 Å². The molecule has 2 heterocycles. The Hall–Kier alpha value is -7.39. The van der Waals surface area contributed by atoms with Gasteiger partial charge in [-0.2, -0.15) is 15.8 Å². The van der Waals surface area contributed by atoms with Crippen molar-refractivity contribution in [3.8, 4) is 51.8 Å². The van der Waals surface area contributed by atoms with Crippen molar-refractivity contribution in [1.29, 1.82) is 15.8 Å². The standard InChI is InChI=1S/C45H25N5/c46-26-29-16-23-44-39(24-29)38-12-3-6-15-43(38)50(44)45-35(22-21-33(27-47)40(45)28-48)31-19-17-30(18-20-31)32-8-7-9-34(25-32)49-41-13-4-1-10-36(41)37-11-2-5-14-42(37)49/h1-25H. The molecule has 0 atom stereocenters. The molecule has 5 nitrogen and oxygen atoms in total. The maximum atomic E-state index is 10.5. The Bertz CT molecular complexity index is 2900. The van der Waals surface area contributed by atoms with Crippen molar-refractivity contribution in [2.24, 2.45) is 0 Å². The first-order valence-electron chi connectivity index (χ1n) is 16.3. The van der Waals surface area contributed by atoms with Crippen LogP contribution in [-0.4, -0.2) is 9.13 Å². The van der Waals surface area contributed by atoms with E-state index in [4.69, 9.17) is 0 Å². The fourth-order valence-electron chi connectivity index (χ4n) is 7.41. The summed E-state index contributed by atoms with van der Waals surface area (Å²) in [5, 5.41) is 34.5. The van der Waals surface area contributed by atoms with Crippen LogP contribution in [0.25, 0.3) is 77.2 Å². The lowest BCUT2D eigenvalue weighted by Gasteiger charge is -2.17. The Kier molecular flexibility index (Phi) is 6.56. The minimum Gasteiger partial charge on any atom is -0.309 e. The second kappa shape index (κ2) is 11.4. The van der Waals surface area contributed by atoms with Gasteiger partial charge in [0.2, 0.25) is 0 Å². The van der Waals surface area contributed by atoms with Gasteiger partial charge in [-0.25, -0.2) is 0 Å². The van der Waals surface area contributed by atoms with Gasteiger partial charge >= 0.3 is 0 Å². The summed E-state index contributed by atoms with van der Waals surface area (Å²) in [6, 6.07) is 58.0. The zero-order valence-electron chi connectivity index (χ0n) is 26.7. The minimum atomic E-state index is 0.306. The number of nitriles is 3. The summed E-state index contributed by atoms with van der Waals surface area (Å²) in [6.07, 6.45) is 0. The average molecular weight is 636 g/mol. The molecule has 2 aromatic heterocycles. The molecular formula is C45H25N5. The molecule has 0 unspecified atom stereocenters. The number of benzene rings is 7. The highest BCUT2D eigenvalue weighted by Gasteiger charge is 2.22. The van der Waals surface area contributed by atoms with Gasteiger partial charge in [-0.05, 0) is 71.3 Å². The van der Waals surface area contributed by atoms with Gasteiger partial charge in [-0.3, -0.25) is 0 Å². The summed E-state index contributed by atoms with van der Waals surface area (Å²) >= 11 is 0. The maximum Gasteiger partial charge on any atom is 0.103 e. The number of aromatic nitrogens is 2. The zero-order valence-corrected chi connectivity index (χ0v) is 26.7. The number of nitrogens with zero attached hydrogens (tertiary/aromatic N) is 5. The highest BCUT2D eigenvalue weighted by atomic mass is 15.0. The van der Waals surface area contributed by atoms with Crippen LogP contribution in [0.4, 0.5) is 0 Å². The van der Waals surface area contributed by atoms with Gasteiger partial charge in [0.05, 0.1) is 50.5 Å². The van der Waals surface area contributed by atoms with Crippen molar-refractivity contribution in [1.82, 2.24) is 9.13 Å². The average Bonchev–Trinajstić information content (AvgIpc) is 3.70. The molecule has 0 aliphatic heterocycles. The quantitative estimate of drug-likeness (QED) is 0.193. The van der Waals surface area contributed by atoms with Crippen LogP contribution < -0.4 is 0 Å². The molecule has 9 rings (SSSR count). The first-order chi connectivity index (χ1) is 24.7. The number of rotatable bonds is 4. The smallest absolute Gasteiger partial charge is 0.103 e. The molecule has 5 heteroatoms. The fourth-order valence-corrected chi connectivity index (χ4v) is 7.41. The third-order valence-electron chi connectivity index (χ3n) is 9.65. The van der Waals surface area contributed by atoms with Crippen LogP contribution in [0, 0.1) is 34.0 Å². The van der Waals surface area contributed by atoms with E-state index in [-0.39, 0.29) is 0 Å². The lowest BCUT2D eigenvalue weighted by atomic mass is 9.94. The minimum absolute atomic E-state index is 0.306. The van der Waals surface area contributed by atoms with Crippen molar-refractivity contribution in [3.05, 3.63) is 168 Å². The van der Waals surface area contributed by atoms with Gasteiger partial charge in [0.1, 0.15) is 12.1 Å². The zero-order chi connectivity index (χ0) is 33.8. The van der Waals surface area contributed by atoms with Gasteiger partial charge < -0.3 is 9.13 Å². The SMILES string of the molecule is N#Cc1ccc2c(c1)c1ccccc1n2-c1c(-c2ccc(-c3cccc(-n4c5ccccc5c5ccccc54)c3)cc2)ccc(C#N)c1C#N. The lowest BCUT2D eigenvalue weighted by Crippen LogP contribution is -2.03. The van der Waals surface area contributed by atoms with Gasteiger partial charge in [-0.15, -0.1) is 0 Å². The third-order valence-corrected chi connectivity index (χ3v) is 9.65. The van der Waals surface area contributed by atoms with E-state index in [1.165, 1.54) is 10.8 Å². The van der Waals surface area contributed by atoms with Crippen LogP contribution in [0.1, 0.15) is 16.7 Å². The summed E-state index contributed by atoms with van der Waals surface area (Å²) in [7, 11) is 0. The Labute approximate surface area is 287 Å². The van der Waals surface area contributed by atoms with E-state index < -0.39 is 0 Å². The lowest BCUT2D eigenvalue weighted by molar-refractivity contribution is 1.16. The third kappa shape index (κ3) is 4.31. The molecule has 0 N–H and O–H groups in total. The molecule has 230 valence electrons. The van der Waals surface area contributed by atoms with Crippen molar-refractivity contribution < 1.29 is 0 Å². The maximum absolute atomic E-state index is 10.5. The number of para-hydroxylation sites is 3. The normalized spacial score (nSPS) is 11.1. The fraction of sp³-hybridized carbons (Fsp3) is 0. The van der Waals surface area contributed by atoms with Crippen molar-refractivity contribution in [2.75, 3.05) is 0 Å². The summed E-state index contributed by atoms with van der Waals surface area (Å²) in [5.74, 6) is 0. The molecule has 0 fully saturated rings. The predicted molar refractivity (Wildman–Crippen MR) is 200 cm³/mol. The van der Waals surface area contributed by atoms with E-state index in [1.807, 2.05) is 42.5 Å². The first kappa shape index (κ1) is 28.8. The van der Waals surface area contributed by atoms with Crippen LogP contribution in [0.2, 0.25) is 0 Å².